The molecule has 3 heteroatoms. The molecule has 0 amide bonds. The number of allylic oxidation sites excluding steroid dienone is 1. The number of carbonyl (C=O) groups is 1. The fourth-order valence-electron chi connectivity index (χ4n) is 2.14. The van der Waals surface area contributed by atoms with Gasteiger partial charge in [0.1, 0.15) is 0 Å². The summed E-state index contributed by atoms with van der Waals surface area (Å²) >= 11 is 1.58. The van der Waals surface area contributed by atoms with E-state index in [1.807, 2.05) is 60.1 Å². The summed E-state index contributed by atoms with van der Waals surface area (Å²) in [6.45, 7) is 0.776. The number of thioether (sulfide) groups is 1. The van der Waals surface area contributed by atoms with E-state index in [4.69, 9.17) is 0 Å². The Morgan fingerprint density at radius 2 is 1.67 bits per heavy atom. The molecular weight excluding hydrogens is 278 g/mol. The first kappa shape index (κ1) is 13.7. The summed E-state index contributed by atoms with van der Waals surface area (Å²) in [6.07, 6.45) is 3.73. The highest BCUT2D eigenvalue weighted by Crippen LogP contribution is 2.30. The fourth-order valence-corrected chi connectivity index (χ4v) is 2.92. The zero-order valence-corrected chi connectivity index (χ0v) is 12.3. The first-order valence-corrected chi connectivity index (χ1v) is 7.66. The molecule has 1 heterocycles. The molecule has 1 aliphatic rings. The van der Waals surface area contributed by atoms with Gasteiger partial charge in [0, 0.05) is 24.4 Å². The molecule has 0 saturated heterocycles. The van der Waals surface area contributed by atoms with Crippen molar-refractivity contribution in [3.8, 4) is 0 Å². The van der Waals surface area contributed by atoms with Crippen molar-refractivity contribution >= 4 is 17.5 Å². The van der Waals surface area contributed by atoms with Gasteiger partial charge in [-0.1, -0.05) is 72.4 Å². The van der Waals surface area contributed by atoms with E-state index in [1.165, 1.54) is 5.56 Å². The maximum Gasteiger partial charge on any atom is 0.188 e. The zero-order valence-electron chi connectivity index (χ0n) is 11.5. The van der Waals surface area contributed by atoms with Crippen LogP contribution in [-0.2, 0) is 6.54 Å². The molecule has 104 valence electrons. The van der Waals surface area contributed by atoms with Crippen LogP contribution in [0, 0.1) is 0 Å². The number of hydrogen-bond donors (Lipinski definition) is 0. The second kappa shape index (κ2) is 6.46. The highest BCUT2D eigenvalue weighted by molar-refractivity contribution is 8.06. The van der Waals surface area contributed by atoms with Gasteiger partial charge < -0.3 is 4.90 Å². The van der Waals surface area contributed by atoms with Crippen LogP contribution < -0.4 is 0 Å². The molecule has 0 unspecified atom stereocenters. The predicted octanol–water partition coefficient (Wildman–Crippen LogP) is 4.43. The summed E-state index contributed by atoms with van der Waals surface area (Å²) in [6, 6.07) is 19.6. The smallest absolute Gasteiger partial charge is 0.188 e. The molecule has 1 aliphatic heterocycles. The van der Waals surface area contributed by atoms with Crippen molar-refractivity contribution < 1.29 is 4.79 Å². The largest absolute Gasteiger partial charge is 0.337 e. The topological polar surface area (TPSA) is 20.3 Å². The molecule has 0 aromatic heterocycles. The average Bonchev–Trinajstić information content (AvgIpc) is 2.96. The van der Waals surface area contributed by atoms with Gasteiger partial charge in [0.15, 0.2) is 5.78 Å². The number of hydrogen-bond acceptors (Lipinski definition) is 3. The van der Waals surface area contributed by atoms with Crippen molar-refractivity contribution in [1.29, 1.82) is 0 Å². The van der Waals surface area contributed by atoms with Gasteiger partial charge in [0.2, 0.25) is 0 Å². The fraction of sp³-hybridized carbons (Fsp3) is 0.0556. The van der Waals surface area contributed by atoms with Gasteiger partial charge in [-0.05, 0) is 11.0 Å². The zero-order chi connectivity index (χ0) is 14.5. The van der Waals surface area contributed by atoms with Crippen LogP contribution in [0.3, 0.4) is 0 Å². The van der Waals surface area contributed by atoms with Gasteiger partial charge in [0.05, 0.1) is 5.03 Å². The Labute approximate surface area is 128 Å². The maximum absolute atomic E-state index is 12.3. The van der Waals surface area contributed by atoms with Crippen molar-refractivity contribution in [2.45, 2.75) is 6.54 Å². The third-order valence-corrected chi connectivity index (χ3v) is 4.07. The minimum absolute atomic E-state index is 0.0415. The number of nitrogens with zero attached hydrogens (tertiary/aromatic N) is 1. The second-order valence-electron chi connectivity index (χ2n) is 4.73. The van der Waals surface area contributed by atoms with Gasteiger partial charge >= 0.3 is 0 Å². The van der Waals surface area contributed by atoms with E-state index < -0.39 is 0 Å². The average molecular weight is 293 g/mol. The summed E-state index contributed by atoms with van der Waals surface area (Å²) in [4.78, 5) is 14.4. The van der Waals surface area contributed by atoms with Crippen molar-refractivity contribution in [3.05, 3.63) is 94.5 Å². The second-order valence-corrected chi connectivity index (χ2v) is 5.66. The summed E-state index contributed by atoms with van der Waals surface area (Å²) in [7, 11) is 0. The quantitative estimate of drug-likeness (QED) is 0.614. The van der Waals surface area contributed by atoms with Crippen LogP contribution in [0.25, 0.3) is 0 Å². The molecule has 0 atom stereocenters. The summed E-state index contributed by atoms with van der Waals surface area (Å²) in [5, 5.41) is 2.97. The minimum atomic E-state index is 0.0415. The molecule has 2 aromatic carbocycles. The lowest BCUT2D eigenvalue weighted by molar-refractivity contribution is 0.104. The number of ketones is 1. The molecule has 0 spiro atoms. The Morgan fingerprint density at radius 1 is 1.00 bits per heavy atom. The van der Waals surface area contributed by atoms with E-state index in [2.05, 4.69) is 17.0 Å². The van der Waals surface area contributed by atoms with Gasteiger partial charge in [-0.25, -0.2) is 0 Å². The van der Waals surface area contributed by atoms with Crippen molar-refractivity contribution in [1.82, 2.24) is 4.90 Å². The summed E-state index contributed by atoms with van der Waals surface area (Å²) < 4.78 is 0. The van der Waals surface area contributed by atoms with E-state index >= 15 is 0 Å². The van der Waals surface area contributed by atoms with Crippen LogP contribution in [0.15, 0.2) is 83.4 Å². The lowest BCUT2D eigenvalue weighted by Crippen LogP contribution is -2.12. The predicted molar refractivity (Wildman–Crippen MR) is 87.6 cm³/mol. The monoisotopic (exact) mass is 293 g/mol. The van der Waals surface area contributed by atoms with Crippen LogP contribution in [0.4, 0.5) is 0 Å². The Balaban J connectivity index is 1.76. The highest BCUT2D eigenvalue weighted by Gasteiger charge is 2.15. The highest BCUT2D eigenvalue weighted by atomic mass is 32.2. The van der Waals surface area contributed by atoms with Crippen molar-refractivity contribution in [3.63, 3.8) is 0 Å². The molecule has 0 fully saturated rings. The summed E-state index contributed by atoms with van der Waals surface area (Å²) in [5.74, 6) is 0.0415. The van der Waals surface area contributed by atoms with Crippen molar-refractivity contribution in [2.75, 3.05) is 0 Å². The Hall–Kier alpha value is -2.26. The van der Waals surface area contributed by atoms with E-state index in [0.29, 0.717) is 0 Å². The standard InChI is InChI=1S/C18H15NOS/c20-17(16-9-5-2-6-10-16)13-18-19(11-12-21-18)14-15-7-3-1-4-8-15/h1-13H,14H2. The lowest BCUT2D eigenvalue weighted by atomic mass is 10.1. The van der Waals surface area contributed by atoms with Gasteiger partial charge in [-0.15, -0.1) is 0 Å². The molecule has 3 rings (SSSR count). The number of rotatable bonds is 4. The van der Waals surface area contributed by atoms with Crippen LogP contribution in [0.5, 0.6) is 0 Å². The first-order valence-electron chi connectivity index (χ1n) is 6.78. The third kappa shape index (κ3) is 3.44. The van der Waals surface area contributed by atoms with E-state index in [-0.39, 0.29) is 5.78 Å². The molecule has 2 nitrogen and oxygen atoms in total. The van der Waals surface area contributed by atoms with E-state index in [9.17, 15) is 4.79 Å². The molecule has 0 bridgehead atoms. The Kier molecular flexibility index (Phi) is 4.22. The van der Waals surface area contributed by atoms with Crippen LogP contribution in [0.2, 0.25) is 0 Å². The van der Waals surface area contributed by atoms with Crippen molar-refractivity contribution in [2.24, 2.45) is 0 Å². The Bertz CT molecular complexity index is 677. The minimum Gasteiger partial charge on any atom is -0.337 e. The third-order valence-electron chi connectivity index (χ3n) is 3.22. The van der Waals surface area contributed by atoms with Gasteiger partial charge in [0.25, 0.3) is 0 Å². The number of carbonyl (C=O) groups excluding carboxylic acids is 1. The van der Waals surface area contributed by atoms with E-state index in [1.54, 1.807) is 17.8 Å². The normalized spacial score (nSPS) is 15.6. The van der Waals surface area contributed by atoms with Crippen LogP contribution in [0.1, 0.15) is 15.9 Å². The van der Waals surface area contributed by atoms with Crippen LogP contribution >= 0.6 is 11.8 Å². The summed E-state index contributed by atoms with van der Waals surface area (Å²) in [5.41, 5.74) is 1.94. The lowest BCUT2D eigenvalue weighted by Gasteiger charge is -2.17. The van der Waals surface area contributed by atoms with E-state index in [0.717, 1.165) is 17.1 Å². The molecule has 21 heavy (non-hydrogen) atoms. The number of benzene rings is 2. The molecular formula is C18H15NOS. The van der Waals surface area contributed by atoms with Gasteiger partial charge in [-0.2, -0.15) is 0 Å². The van der Waals surface area contributed by atoms with Crippen LogP contribution in [-0.4, -0.2) is 10.7 Å². The SMILES string of the molecule is O=C(C=C1SC=CN1Cc1ccccc1)c1ccccc1. The molecule has 0 saturated carbocycles. The molecule has 0 aliphatic carbocycles. The molecule has 0 N–H and O–H groups in total. The maximum atomic E-state index is 12.3. The molecule has 0 radical (unpaired) electrons. The first-order chi connectivity index (χ1) is 10.3. The molecule has 2 aromatic rings. The Morgan fingerprint density at radius 3 is 2.38 bits per heavy atom. The van der Waals surface area contributed by atoms with Gasteiger partial charge in [-0.3, -0.25) is 4.79 Å².